The molecule has 0 spiro atoms. The molecule has 0 aliphatic rings. The minimum Gasteiger partial charge on any atom is -0.357 e. The molecule has 4 aromatic rings. The van der Waals surface area contributed by atoms with Gasteiger partial charge in [0, 0.05) is 24.5 Å². The van der Waals surface area contributed by atoms with Crippen LogP contribution in [0.5, 0.6) is 0 Å². The number of halogens is 4. The maximum atomic E-state index is 14.3. The molecule has 0 saturated carbocycles. The van der Waals surface area contributed by atoms with Crippen LogP contribution in [0.3, 0.4) is 0 Å². The van der Waals surface area contributed by atoms with Gasteiger partial charge in [-0.05, 0) is 60.5 Å². The molecule has 0 aromatic heterocycles. The topological polar surface area (TPSA) is 86.8 Å². The average molecular weight is 703 g/mol. The van der Waals surface area contributed by atoms with Crippen molar-refractivity contribution in [3.8, 4) is 0 Å². The molecule has 1 atom stereocenters. The van der Waals surface area contributed by atoms with Gasteiger partial charge in [-0.15, -0.1) is 0 Å². The fourth-order valence-electron chi connectivity index (χ4n) is 4.76. The second kappa shape index (κ2) is 14.3. The molecule has 12 heteroatoms. The van der Waals surface area contributed by atoms with E-state index in [0.717, 1.165) is 27.7 Å². The van der Waals surface area contributed by atoms with Crippen LogP contribution >= 0.6 is 15.9 Å². The molecule has 0 aliphatic heterocycles. The molecule has 0 aliphatic carbocycles. The van der Waals surface area contributed by atoms with Crippen LogP contribution in [0.15, 0.2) is 112 Å². The number of hydrogen-bond acceptors (Lipinski definition) is 4. The summed E-state index contributed by atoms with van der Waals surface area (Å²) in [6.45, 7) is 0.813. The van der Waals surface area contributed by atoms with E-state index in [4.69, 9.17) is 0 Å². The van der Waals surface area contributed by atoms with Gasteiger partial charge in [-0.3, -0.25) is 13.9 Å². The fraction of sp³-hybridized carbons (Fsp3) is 0.212. The Hall–Kier alpha value is -4.16. The van der Waals surface area contributed by atoms with Gasteiger partial charge in [-0.1, -0.05) is 82.2 Å². The van der Waals surface area contributed by atoms with E-state index in [1.807, 2.05) is 6.07 Å². The molecule has 45 heavy (non-hydrogen) atoms. The highest BCUT2D eigenvalue weighted by molar-refractivity contribution is 9.10. The number of carbonyl (C=O) groups is 2. The van der Waals surface area contributed by atoms with E-state index in [0.29, 0.717) is 15.9 Å². The first-order valence-corrected chi connectivity index (χ1v) is 16.1. The smallest absolute Gasteiger partial charge is 0.357 e. The molecular formula is C33H31BrF3N3O4S. The summed E-state index contributed by atoms with van der Waals surface area (Å²) >= 11 is 3.41. The largest absolute Gasteiger partial charge is 0.416 e. The number of carbonyl (C=O) groups excluding carboxylic acids is 2. The van der Waals surface area contributed by atoms with Gasteiger partial charge < -0.3 is 10.2 Å². The summed E-state index contributed by atoms with van der Waals surface area (Å²) in [6.07, 6.45) is -4.65. The number of benzene rings is 4. The Morgan fingerprint density at radius 1 is 0.867 bits per heavy atom. The van der Waals surface area contributed by atoms with Crippen LogP contribution in [-0.4, -0.2) is 44.8 Å². The first-order chi connectivity index (χ1) is 21.3. The molecule has 0 radical (unpaired) electrons. The zero-order chi connectivity index (χ0) is 32.8. The molecule has 0 bridgehead atoms. The zero-order valence-corrected chi connectivity index (χ0v) is 26.9. The second-order valence-electron chi connectivity index (χ2n) is 10.3. The normalized spacial score (nSPS) is 12.3. The lowest BCUT2D eigenvalue weighted by Gasteiger charge is -2.33. The van der Waals surface area contributed by atoms with Crippen LogP contribution in [0.2, 0.25) is 0 Å². The molecule has 0 saturated heterocycles. The van der Waals surface area contributed by atoms with Crippen molar-refractivity contribution in [2.24, 2.45) is 0 Å². The van der Waals surface area contributed by atoms with E-state index < -0.39 is 46.2 Å². The van der Waals surface area contributed by atoms with Crippen LogP contribution in [0.4, 0.5) is 18.9 Å². The lowest BCUT2D eigenvalue weighted by molar-refractivity contribution is -0.139. The van der Waals surface area contributed by atoms with Gasteiger partial charge in [-0.2, -0.15) is 13.2 Å². The van der Waals surface area contributed by atoms with Crippen molar-refractivity contribution in [1.29, 1.82) is 0 Å². The number of aryl methyl sites for hydroxylation is 1. The van der Waals surface area contributed by atoms with Crippen molar-refractivity contribution in [1.82, 2.24) is 10.2 Å². The molecule has 236 valence electrons. The van der Waals surface area contributed by atoms with Crippen molar-refractivity contribution in [2.45, 2.75) is 37.0 Å². The molecule has 7 nitrogen and oxygen atoms in total. The van der Waals surface area contributed by atoms with E-state index >= 15 is 0 Å². The minimum absolute atomic E-state index is 0.0792. The molecular weight excluding hydrogens is 671 g/mol. The number of amides is 2. The molecule has 0 heterocycles. The van der Waals surface area contributed by atoms with E-state index in [2.05, 4.69) is 21.2 Å². The molecule has 1 N–H and O–H groups in total. The predicted molar refractivity (Wildman–Crippen MR) is 170 cm³/mol. The molecule has 4 rings (SSSR count). The first kappa shape index (κ1) is 33.7. The van der Waals surface area contributed by atoms with Gasteiger partial charge >= 0.3 is 6.18 Å². The summed E-state index contributed by atoms with van der Waals surface area (Å²) in [5, 5.41) is 2.59. The second-order valence-corrected chi connectivity index (χ2v) is 13.1. The molecule has 0 fully saturated rings. The number of rotatable bonds is 11. The summed E-state index contributed by atoms with van der Waals surface area (Å²) < 4.78 is 70.5. The third-order valence-electron chi connectivity index (χ3n) is 7.11. The Kier molecular flexibility index (Phi) is 10.7. The Morgan fingerprint density at radius 3 is 2.13 bits per heavy atom. The lowest BCUT2D eigenvalue weighted by atomic mass is 10.0. The number of sulfonamides is 1. The van der Waals surface area contributed by atoms with Gasteiger partial charge in [0.15, 0.2) is 0 Å². The summed E-state index contributed by atoms with van der Waals surface area (Å²) in [5.41, 5.74) is 0.743. The van der Waals surface area contributed by atoms with E-state index in [1.165, 1.54) is 30.1 Å². The molecule has 2 amide bonds. The quantitative estimate of drug-likeness (QED) is 0.197. The molecule has 4 aromatic carbocycles. The summed E-state index contributed by atoms with van der Waals surface area (Å²) in [7, 11) is -3.11. The molecule has 0 unspecified atom stereocenters. The SMILES string of the molecule is CNC(=O)[C@@H](Cc1ccccc1)N(Cc1cccc(Br)c1)C(=O)CN(c1cccc(C(F)(F)F)c1)S(=O)(=O)c1ccc(C)cc1. The highest BCUT2D eigenvalue weighted by Gasteiger charge is 2.36. The third kappa shape index (κ3) is 8.52. The van der Waals surface area contributed by atoms with E-state index in [-0.39, 0.29) is 23.5 Å². The Morgan fingerprint density at radius 2 is 1.51 bits per heavy atom. The van der Waals surface area contributed by atoms with Crippen molar-refractivity contribution in [3.05, 3.63) is 130 Å². The lowest BCUT2D eigenvalue weighted by Crippen LogP contribution is -2.53. The van der Waals surface area contributed by atoms with Crippen molar-refractivity contribution < 1.29 is 31.2 Å². The van der Waals surface area contributed by atoms with Crippen LogP contribution in [0.1, 0.15) is 22.3 Å². The van der Waals surface area contributed by atoms with Crippen LogP contribution in [-0.2, 0) is 38.8 Å². The highest BCUT2D eigenvalue weighted by atomic mass is 79.9. The number of nitrogens with zero attached hydrogens (tertiary/aromatic N) is 2. The Labute approximate surface area is 268 Å². The Balaban J connectivity index is 1.83. The summed E-state index contributed by atoms with van der Waals surface area (Å²) in [6, 6.07) is 24.6. The highest BCUT2D eigenvalue weighted by Crippen LogP contribution is 2.33. The van der Waals surface area contributed by atoms with Crippen LogP contribution < -0.4 is 9.62 Å². The Bertz CT molecular complexity index is 1750. The van der Waals surface area contributed by atoms with Gasteiger partial charge in [-0.25, -0.2) is 8.42 Å². The monoisotopic (exact) mass is 701 g/mol. The number of anilines is 1. The number of alkyl halides is 3. The van der Waals surface area contributed by atoms with Gasteiger partial charge in [0.2, 0.25) is 11.8 Å². The maximum Gasteiger partial charge on any atom is 0.416 e. The van der Waals surface area contributed by atoms with Gasteiger partial charge in [0.05, 0.1) is 16.1 Å². The summed E-state index contributed by atoms with van der Waals surface area (Å²) in [5.74, 6) is -1.28. The van der Waals surface area contributed by atoms with Crippen molar-refractivity contribution >= 4 is 43.5 Å². The predicted octanol–water partition coefficient (Wildman–Crippen LogP) is 6.36. The number of likely N-dealkylation sites (N-methyl/N-ethyl adjacent to an activating group) is 1. The number of hydrogen-bond donors (Lipinski definition) is 1. The van der Waals surface area contributed by atoms with Gasteiger partial charge in [0.25, 0.3) is 10.0 Å². The summed E-state index contributed by atoms with van der Waals surface area (Å²) in [4.78, 5) is 28.7. The van der Waals surface area contributed by atoms with Crippen LogP contribution in [0.25, 0.3) is 0 Å². The zero-order valence-electron chi connectivity index (χ0n) is 24.5. The maximum absolute atomic E-state index is 14.3. The minimum atomic E-state index is -4.76. The van der Waals surface area contributed by atoms with Crippen molar-refractivity contribution in [2.75, 3.05) is 17.9 Å². The number of nitrogens with one attached hydrogen (secondary N) is 1. The van der Waals surface area contributed by atoms with E-state index in [1.54, 1.807) is 67.6 Å². The van der Waals surface area contributed by atoms with Gasteiger partial charge in [0.1, 0.15) is 12.6 Å². The van der Waals surface area contributed by atoms with Crippen molar-refractivity contribution in [3.63, 3.8) is 0 Å². The fourth-order valence-corrected chi connectivity index (χ4v) is 6.61. The van der Waals surface area contributed by atoms with Crippen LogP contribution in [0, 0.1) is 6.92 Å². The standard InChI is InChI=1S/C33H31BrF3N3O4S/c1-23-14-16-29(17-15-23)45(43,44)40(28-13-7-11-26(20-28)33(35,36)37)22-31(41)39(21-25-10-6-12-27(34)18-25)30(32(42)38-2)19-24-8-4-3-5-9-24/h3-18,20,30H,19,21-22H2,1-2H3,(H,38,42)/t30-/m1/s1. The third-order valence-corrected chi connectivity index (χ3v) is 9.39. The first-order valence-electron chi connectivity index (χ1n) is 13.9. The van der Waals surface area contributed by atoms with E-state index in [9.17, 15) is 31.2 Å². The average Bonchev–Trinajstić information content (AvgIpc) is 3.01.